The van der Waals surface area contributed by atoms with Crippen LogP contribution in [0.3, 0.4) is 0 Å². The van der Waals surface area contributed by atoms with Crippen LogP contribution in [0, 0.1) is 0 Å². The summed E-state index contributed by atoms with van der Waals surface area (Å²) in [5, 5.41) is 11.0. The molecule has 1 unspecified atom stereocenters. The fraction of sp³-hybridized carbons (Fsp3) is 0.444. The minimum Gasteiger partial charge on any atom is -0.481 e. The fourth-order valence-electron chi connectivity index (χ4n) is 3.54. The number of imidazole rings is 1. The highest BCUT2D eigenvalue weighted by molar-refractivity contribution is 6.00. The first-order valence-corrected chi connectivity index (χ1v) is 8.64. The number of fused-ring (bicyclic) bond motifs is 1. The van der Waals surface area contributed by atoms with Crippen molar-refractivity contribution < 1.29 is 19.5 Å². The van der Waals surface area contributed by atoms with Crippen LogP contribution in [0.15, 0.2) is 23.0 Å². The quantitative estimate of drug-likeness (QED) is 0.593. The van der Waals surface area contributed by atoms with E-state index in [1.54, 1.807) is 13.1 Å². The van der Waals surface area contributed by atoms with E-state index in [-0.39, 0.29) is 24.4 Å². The van der Waals surface area contributed by atoms with Crippen molar-refractivity contribution >= 4 is 28.8 Å². The standard InChI is InChI=1S/C18H21N3O5/c1-20-16-11(5-2-3-8-15(23)24)6-4-7-12(16)21(18(20)26)13-9-10-14(22)19-17(13)25/h4,6-7,13H,2-3,5,8-10H2,1H3,(H,23,24)(H,19,22,25). The van der Waals surface area contributed by atoms with Gasteiger partial charge in [0.1, 0.15) is 6.04 Å². The third kappa shape index (κ3) is 3.26. The number of hydrogen-bond acceptors (Lipinski definition) is 4. The maximum Gasteiger partial charge on any atom is 0.329 e. The largest absolute Gasteiger partial charge is 0.481 e. The van der Waals surface area contributed by atoms with Crippen LogP contribution in [0.1, 0.15) is 43.7 Å². The van der Waals surface area contributed by atoms with Gasteiger partial charge in [-0.05, 0) is 37.3 Å². The topological polar surface area (TPSA) is 110 Å². The second-order valence-corrected chi connectivity index (χ2v) is 6.56. The van der Waals surface area contributed by atoms with Crippen molar-refractivity contribution in [3.63, 3.8) is 0 Å². The van der Waals surface area contributed by atoms with Gasteiger partial charge in [-0.25, -0.2) is 4.79 Å². The Kier molecular flexibility index (Phi) is 4.92. The number of hydrogen-bond donors (Lipinski definition) is 2. The smallest absolute Gasteiger partial charge is 0.329 e. The third-order valence-electron chi connectivity index (χ3n) is 4.79. The van der Waals surface area contributed by atoms with Crippen molar-refractivity contribution in [2.24, 2.45) is 7.05 Å². The van der Waals surface area contributed by atoms with E-state index in [2.05, 4.69) is 5.32 Å². The van der Waals surface area contributed by atoms with Gasteiger partial charge in [0.25, 0.3) is 0 Å². The van der Waals surface area contributed by atoms with E-state index in [4.69, 9.17) is 5.11 Å². The molecule has 8 heteroatoms. The molecule has 0 radical (unpaired) electrons. The summed E-state index contributed by atoms with van der Waals surface area (Å²) in [5.41, 5.74) is 2.05. The number of carboxylic acid groups (broad SMARTS) is 1. The van der Waals surface area contributed by atoms with Gasteiger partial charge in [0.2, 0.25) is 11.8 Å². The number of amides is 2. The molecule has 0 bridgehead atoms. The number of carbonyl (C=O) groups excluding carboxylic acids is 2. The lowest BCUT2D eigenvalue weighted by atomic mass is 10.0. The van der Waals surface area contributed by atoms with E-state index in [0.717, 1.165) is 11.1 Å². The van der Waals surface area contributed by atoms with Gasteiger partial charge >= 0.3 is 11.7 Å². The van der Waals surface area contributed by atoms with Crippen LogP contribution in [-0.4, -0.2) is 32.0 Å². The molecule has 2 amide bonds. The predicted molar refractivity (Wildman–Crippen MR) is 93.8 cm³/mol. The molecule has 1 aliphatic rings. The van der Waals surface area contributed by atoms with E-state index in [1.165, 1.54) is 9.13 Å². The Morgan fingerprint density at radius 3 is 2.73 bits per heavy atom. The molecule has 1 aromatic heterocycles. The Balaban J connectivity index is 1.97. The Hall–Kier alpha value is -2.90. The number of rotatable bonds is 6. The van der Waals surface area contributed by atoms with Crippen LogP contribution in [0.5, 0.6) is 0 Å². The fourth-order valence-corrected chi connectivity index (χ4v) is 3.54. The Labute approximate surface area is 149 Å². The summed E-state index contributed by atoms with van der Waals surface area (Å²) in [6.45, 7) is 0. The molecule has 2 heterocycles. The first-order valence-electron chi connectivity index (χ1n) is 8.64. The number of nitrogens with zero attached hydrogens (tertiary/aromatic N) is 2. The minimum atomic E-state index is -0.820. The van der Waals surface area contributed by atoms with Crippen molar-refractivity contribution in [1.82, 2.24) is 14.5 Å². The Morgan fingerprint density at radius 1 is 1.27 bits per heavy atom. The average molecular weight is 359 g/mol. The monoisotopic (exact) mass is 359 g/mol. The van der Waals surface area contributed by atoms with E-state index >= 15 is 0 Å². The number of aromatic nitrogens is 2. The molecule has 1 aliphatic heterocycles. The summed E-state index contributed by atoms with van der Waals surface area (Å²) >= 11 is 0. The number of carboxylic acids is 1. The molecule has 1 fully saturated rings. The molecule has 2 aromatic rings. The summed E-state index contributed by atoms with van der Waals surface area (Å²) in [6, 6.07) is 4.83. The molecule has 26 heavy (non-hydrogen) atoms. The Morgan fingerprint density at radius 2 is 2.04 bits per heavy atom. The SMILES string of the molecule is Cn1c(=O)n(C2CCC(=O)NC2=O)c2cccc(CCCCC(=O)O)c21. The molecule has 1 atom stereocenters. The highest BCUT2D eigenvalue weighted by Crippen LogP contribution is 2.25. The summed E-state index contributed by atoms with van der Waals surface area (Å²) in [5.74, 6) is -1.60. The summed E-state index contributed by atoms with van der Waals surface area (Å²) < 4.78 is 2.98. The third-order valence-corrected chi connectivity index (χ3v) is 4.79. The van der Waals surface area contributed by atoms with Crippen molar-refractivity contribution in [3.05, 3.63) is 34.2 Å². The van der Waals surface area contributed by atoms with E-state index in [0.29, 0.717) is 31.2 Å². The first kappa shape index (κ1) is 17.9. The van der Waals surface area contributed by atoms with Crippen LogP contribution in [0.25, 0.3) is 11.0 Å². The lowest BCUT2D eigenvalue weighted by molar-refractivity contribution is -0.137. The molecule has 138 valence electrons. The van der Waals surface area contributed by atoms with Gasteiger partial charge in [0, 0.05) is 19.9 Å². The number of carbonyl (C=O) groups is 3. The summed E-state index contributed by atoms with van der Waals surface area (Å²) in [6.07, 6.45) is 2.53. The first-order chi connectivity index (χ1) is 12.4. The lowest BCUT2D eigenvalue weighted by Gasteiger charge is -2.21. The highest BCUT2D eigenvalue weighted by Gasteiger charge is 2.31. The minimum absolute atomic E-state index is 0.117. The second-order valence-electron chi connectivity index (χ2n) is 6.56. The van der Waals surface area contributed by atoms with Crippen molar-refractivity contribution in [1.29, 1.82) is 0 Å². The average Bonchev–Trinajstić information content (AvgIpc) is 2.84. The summed E-state index contributed by atoms with van der Waals surface area (Å²) in [7, 11) is 1.66. The molecule has 0 saturated carbocycles. The molecular weight excluding hydrogens is 338 g/mol. The molecule has 8 nitrogen and oxygen atoms in total. The maximum atomic E-state index is 12.8. The van der Waals surface area contributed by atoms with Gasteiger partial charge in [-0.3, -0.25) is 28.8 Å². The molecule has 2 N–H and O–H groups in total. The molecule has 1 aromatic carbocycles. The van der Waals surface area contributed by atoms with Crippen molar-refractivity contribution in [3.8, 4) is 0 Å². The second kappa shape index (κ2) is 7.15. The molecule has 3 rings (SSSR count). The van der Waals surface area contributed by atoms with E-state index < -0.39 is 17.9 Å². The number of nitrogens with one attached hydrogen (secondary N) is 1. The van der Waals surface area contributed by atoms with Crippen LogP contribution in [0.2, 0.25) is 0 Å². The normalized spacial score (nSPS) is 17.5. The predicted octanol–water partition coefficient (Wildman–Crippen LogP) is 1.12. The van der Waals surface area contributed by atoms with Gasteiger partial charge in [0.15, 0.2) is 0 Å². The number of benzene rings is 1. The Bertz CT molecular complexity index is 940. The number of imide groups is 1. The zero-order chi connectivity index (χ0) is 18.8. The van der Waals surface area contributed by atoms with E-state index in [9.17, 15) is 19.2 Å². The lowest BCUT2D eigenvalue weighted by Crippen LogP contribution is -2.44. The van der Waals surface area contributed by atoms with E-state index in [1.807, 2.05) is 12.1 Å². The number of aryl methyl sites for hydroxylation is 2. The van der Waals surface area contributed by atoms with Gasteiger partial charge in [-0.2, -0.15) is 0 Å². The maximum absolute atomic E-state index is 12.8. The zero-order valence-corrected chi connectivity index (χ0v) is 14.5. The van der Waals surface area contributed by atoms with Crippen LogP contribution >= 0.6 is 0 Å². The van der Waals surface area contributed by atoms with Gasteiger partial charge in [-0.1, -0.05) is 12.1 Å². The van der Waals surface area contributed by atoms with Gasteiger partial charge in [0.05, 0.1) is 11.0 Å². The zero-order valence-electron chi connectivity index (χ0n) is 14.5. The molecular formula is C18H21N3O5. The highest BCUT2D eigenvalue weighted by atomic mass is 16.4. The molecule has 0 aliphatic carbocycles. The van der Waals surface area contributed by atoms with Crippen molar-refractivity contribution in [2.75, 3.05) is 0 Å². The van der Waals surface area contributed by atoms with Crippen LogP contribution < -0.4 is 11.0 Å². The van der Waals surface area contributed by atoms with Crippen LogP contribution in [-0.2, 0) is 27.9 Å². The van der Waals surface area contributed by atoms with Crippen molar-refractivity contribution in [2.45, 2.75) is 44.6 Å². The number of unbranched alkanes of at least 4 members (excludes halogenated alkanes) is 1. The van der Waals surface area contributed by atoms with Crippen LogP contribution in [0.4, 0.5) is 0 Å². The van der Waals surface area contributed by atoms with Gasteiger partial charge in [-0.15, -0.1) is 0 Å². The summed E-state index contributed by atoms with van der Waals surface area (Å²) in [4.78, 5) is 47.0. The number of piperidine rings is 1. The number of para-hydroxylation sites is 1. The number of aliphatic carboxylic acids is 1. The molecule has 0 spiro atoms. The molecule has 1 saturated heterocycles. The van der Waals surface area contributed by atoms with Gasteiger partial charge < -0.3 is 5.11 Å².